The van der Waals surface area contributed by atoms with Crippen molar-refractivity contribution in [3.63, 3.8) is 0 Å². The predicted molar refractivity (Wildman–Crippen MR) is 106 cm³/mol. The summed E-state index contributed by atoms with van der Waals surface area (Å²) in [6.45, 7) is 10.1. The van der Waals surface area contributed by atoms with E-state index in [1.54, 1.807) is 0 Å². The molecule has 0 amide bonds. The molecule has 150 valence electrons. The fourth-order valence-corrected chi connectivity index (χ4v) is 3.87. The lowest BCUT2D eigenvalue weighted by molar-refractivity contribution is -0.136. The van der Waals surface area contributed by atoms with Crippen LogP contribution in [0.2, 0.25) is 0 Å². The highest BCUT2D eigenvalue weighted by Crippen LogP contribution is 2.39. The van der Waals surface area contributed by atoms with Crippen LogP contribution in [-0.4, -0.2) is 16.7 Å². The van der Waals surface area contributed by atoms with Gasteiger partial charge in [-0.3, -0.25) is 4.79 Å². The number of carbonyl (C=O) groups is 1. The molecule has 0 unspecified atom stereocenters. The maximum Gasteiger partial charge on any atom is 0.303 e. The van der Waals surface area contributed by atoms with Crippen molar-refractivity contribution < 1.29 is 23.8 Å². The summed E-state index contributed by atoms with van der Waals surface area (Å²) in [5.74, 6) is 0.383. The third-order valence-electron chi connectivity index (χ3n) is 5.32. The first-order valence-corrected chi connectivity index (χ1v) is 9.52. The third kappa shape index (κ3) is 4.13. The van der Waals surface area contributed by atoms with Crippen molar-refractivity contribution in [2.45, 2.75) is 66.1 Å². The SMILES string of the molecule is Cc1cc(CCC(=O)O)c(C)c(C)c1OCc1cc(F)cc2c1OC(C)(C)C2. The van der Waals surface area contributed by atoms with E-state index in [1.165, 1.54) is 12.1 Å². The van der Waals surface area contributed by atoms with Gasteiger partial charge in [-0.15, -0.1) is 0 Å². The monoisotopic (exact) mass is 386 g/mol. The first kappa shape index (κ1) is 20.2. The molecule has 0 aromatic heterocycles. The second kappa shape index (κ2) is 7.46. The molecular formula is C23H27FO4. The Labute approximate surface area is 165 Å². The molecule has 28 heavy (non-hydrogen) atoms. The highest BCUT2D eigenvalue weighted by atomic mass is 19.1. The molecule has 1 heterocycles. The molecule has 0 saturated heterocycles. The van der Waals surface area contributed by atoms with Gasteiger partial charge in [-0.25, -0.2) is 4.39 Å². The predicted octanol–water partition coefficient (Wildman–Crippen LogP) is 5.06. The van der Waals surface area contributed by atoms with Crippen LogP contribution in [0.5, 0.6) is 11.5 Å². The quantitative estimate of drug-likeness (QED) is 0.754. The lowest BCUT2D eigenvalue weighted by Crippen LogP contribution is -2.25. The van der Waals surface area contributed by atoms with Gasteiger partial charge in [-0.05, 0) is 75.4 Å². The van der Waals surface area contributed by atoms with Crippen LogP contribution >= 0.6 is 0 Å². The lowest BCUT2D eigenvalue weighted by Gasteiger charge is -2.20. The van der Waals surface area contributed by atoms with E-state index in [2.05, 4.69) is 0 Å². The zero-order valence-corrected chi connectivity index (χ0v) is 17.1. The summed E-state index contributed by atoms with van der Waals surface area (Å²) in [6, 6.07) is 4.99. The standard InChI is InChI=1S/C23H27FO4/c1-13-8-16(6-7-20(25)26)14(2)15(3)21(13)27-12-18-10-19(24)9-17-11-23(4,5)28-22(17)18/h8-10H,6-7,11-12H2,1-5H3,(H,25,26). The van der Waals surface area contributed by atoms with Gasteiger partial charge in [0, 0.05) is 24.0 Å². The molecule has 0 spiro atoms. The van der Waals surface area contributed by atoms with E-state index in [-0.39, 0.29) is 24.4 Å². The molecule has 1 N–H and O–H groups in total. The van der Waals surface area contributed by atoms with Gasteiger partial charge in [-0.1, -0.05) is 6.07 Å². The zero-order valence-electron chi connectivity index (χ0n) is 17.1. The van der Waals surface area contributed by atoms with Crippen LogP contribution < -0.4 is 9.47 Å². The largest absolute Gasteiger partial charge is 0.488 e. The summed E-state index contributed by atoms with van der Waals surface area (Å²) >= 11 is 0. The molecule has 3 rings (SSSR count). The second-order valence-electron chi connectivity index (χ2n) is 8.21. The van der Waals surface area contributed by atoms with Crippen molar-refractivity contribution in [2.75, 3.05) is 0 Å². The minimum Gasteiger partial charge on any atom is -0.488 e. The number of fused-ring (bicyclic) bond motifs is 1. The van der Waals surface area contributed by atoms with Crippen LogP contribution in [0.25, 0.3) is 0 Å². The molecule has 1 aliphatic heterocycles. The van der Waals surface area contributed by atoms with Crippen molar-refractivity contribution >= 4 is 5.97 Å². The molecule has 2 aromatic carbocycles. The smallest absolute Gasteiger partial charge is 0.303 e. The van der Waals surface area contributed by atoms with E-state index in [4.69, 9.17) is 14.6 Å². The molecule has 0 aliphatic carbocycles. The Hall–Kier alpha value is -2.56. The zero-order chi connectivity index (χ0) is 20.6. The molecule has 0 bridgehead atoms. The van der Waals surface area contributed by atoms with Crippen molar-refractivity contribution in [2.24, 2.45) is 0 Å². The Morgan fingerprint density at radius 1 is 1.18 bits per heavy atom. The fourth-order valence-electron chi connectivity index (χ4n) is 3.87. The lowest BCUT2D eigenvalue weighted by atomic mass is 9.95. The Balaban J connectivity index is 1.85. The molecule has 0 radical (unpaired) electrons. The van der Waals surface area contributed by atoms with E-state index >= 15 is 0 Å². The van der Waals surface area contributed by atoms with Crippen LogP contribution in [-0.2, 0) is 24.2 Å². The van der Waals surface area contributed by atoms with E-state index in [9.17, 15) is 9.18 Å². The number of hydrogen-bond acceptors (Lipinski definition) is 3. The second-order valence-corrected chi connectivity index (χ2v) is 8.21. The van der Waals surface area contributed by atoms with Crippen molar-refractivity contribution in [3.8, 4) is 11.5 Å². The normalized spacial score (nSPS) is 14.5. The number of aliphatic carboxylic acids is 1. The average Bonchev–Trinajstić information content (AvgIpc) is 2.90. The number of ether oxygens (including phenoxy) is 2. The van der Waals surface area contributed by atoms with E-state index < -0.39 is 5.97 Å². The van der Waals surface area contributed by atoms with E-state index in [0.29, 0.717) is 18.4 Å². The summed E-state index contributed by atoms with van der Waals surface area (Å²) in [5, 5.41) is 8.94. The molecule has 5 heteroatoms. The Kier molecular flexibility index (Phi) is 5.37. The maximum absolute atomic E-state index is 14.1. The highest BCUT2D eigenvalue weighted by molar-refractivity contribution is 5.67. The molecule has 0 saturated carbocycles. The summed E-state index contributed by atoms with van der Waals surface area (Å²) < 4.78 is 26.2. The van der Waals surface area contributed by atoms with Gasteiger partial charge in [0.25, 0.3) is 0 Å². The summed E-state index contributed by atoms with van der Waals surface area (Å²) in [4.78, 5) is 10.9. The maximum atomic E-state index is 14.1. The van der Waals surface area contributed by atoms with E-state index in [0.717, 1.165) is 39.3 Å². The van der Waals surface area contributed by atoms with Crippen LogP contribution in [0.15, 0.2) is 18.2 Å². The van der Waals surface area contributed by atoms with Gasteiger partial charge in [0.1, 0.15) is 29.5 Å². The van der Waals surface area contributed by atoms with Gasteiger partial charge >= 0.3 is 5.97 Å². The number of carboxylic acids is 1. The van der Waals surface area contributed by atoms with Gasteiger partial charge < -0.3 is 14.6 Å². The number of hydrogen-bond donors (Lipinski definition) is 1. The minimum absolute atomic E-state index is 0.0997. The molecule has 2 aromatic rings. The fraction of sp³-hybridized carbons (Fsp3) is 0.435. The van der Waals surface area contributed by atoms with Crippen LogP contribution in [0.3, 0.4) is 0 Å². The average molecular weight is 386 g/mol. The molecule has 0 atom stereocenters. The molecule has 0 fully saturated rings. The highest BCUT2D eigenvalue weighted by Gasteiger charge is 2.32. The van der Waals surface area contributed by atoms with Crippen LogP contribution in [0, 0.1) is 26.6 Å². The van der Waals surface area contributed by atoms with Crippen LogP contribution in [0.4, 0.5) is 4.39 Å². The van der Waals surface area contributed by atoms with Crippen LogP contribution in [0.1, 0.15) is 53.6 Å². The van der Waals surface area contributed by atoms with Crippen molar-refractivity contribution in [3.05, 3.63) is 57.4 Å². The first-order chi connectivity index (χ1) is 13.1. The molecule has 4 nitrogen and oxygen atoms in total. The topological polar surface area (TPSA) is 55.8 Å². The number of rotatable bonds is 6. The molecular weight excluding hydrogens is 359 g/mol. The van der Waals surface area contributed by atoms with Crippen molar-refractivity contribution in [1.29, 1.82) is 0 Å². The summed E-state index contributed by atoms with van der Waals surface area (Å²) in [5.41, 5.74) is 5.20. The number of benzene rings is 2. The summed E-state index contributed by atoms with van der Waals surface area (Å²) in [6.07, 6.45) is 1.26. The third-order valence-corrected chi connectivity index (χ3v) is 5.32. The van der Waals surface area contributed by atoms with Gasteiger partial charge in [0.15, 0.2) is 0 Å². The van der Waals surface area contributed by atoms with Gasteiger partial charge in [-0.2, -0.15) is 0 Å². The number of aryl methyl sites for hydroxylation is 2. The number of halogens is 1. The minimum atomic E-state index is -0.807. The first-order valence-electron chi connectivity index (χ1n) is 9.52. The van der Waals surface area contributed by atoms with Crippen molar-refractivity contribution in [1.82, 2.24) is 0 Å². The Morgan fingerprint density at radius 3 is 2.57 bits per heavy atom. The Morgan fingerprint density at radius 2 is 1.89 bits per heavy atom. The van der Waals surface area contributed by atoms with Gasteiger partial charge in [0.2, 0.25) is 0 Å². The Bertz CT molecular complexity index is 931. The van der Waals surface area contributed by atoms with E-state index in [1.807, 2.05) is 40.7 Å². The van der Waals surface area contributed by atoms with Gasteiger partial charge in [0.05, 0.1) is 0 Å². The number of carboxylic acid groups (broad SMARTS) is 1. The summed E-state index contributed by atoms with van der Waals surface area (Å²) in [7, 11) is 0. The molecule has 1 aliphatic rings.